The van der Waals surface area contributed by atoms with Gasteiger partial charge < -0.3 is 4.57 Å². The van der Waals surface area contributed by atoms with Gasteiger partial charge in [-0.3, -0.25) is 9.69 Å². The second kappa shape index (κ2) is 8.51. The van der Waals surface area contributed by atoms with Crippen molar-refractivity contribution in [3.8, 4) is 0 Å². The molecule has 3 aromatic carbocycles. The van der Waals surface area contributed by atoms with Gasteiger partial charge in [0, 0.05) is 39.8 Å². The lowest BCUT2D eigenvalue weighted by Gasteiger charge is -2.16. The monoisotopic (exact) mass is 477 g/mol. The molecule has 0 saturated carbocycles. The van der Waals surface area contributed by atoms with Crippen molar-refractivity contribution in [3.63, 3.8) is 0 Å². The number of hydrogen-bond donors (Lipinski definition) is 0. The number of thioether (sulfide) groups is 1. The Morgan fingerprint density at radius 1 is 0.938 bits per heavy atom. The fourth-order valence-electron chi connectivity index (χ4n) is 3.68. The second-order valence-corrected chi connectivity index (χ2v) is 9.20. The number of carbonyl (C=O) groups is 1. The highest BCUT2D eigenvalue weighted by atomic mass is 35.5. The molecule has 0 unspecified atom stereocenters. The normalized spacial score (nSPS) is 16.6. The maximum Gasteiger partial charge on any atom is 0.271 e. The van der Waals surface area contributed by atoms with Crippen LogP contribution >= 0.6 is 35.0 Å². The van der Waals surface area contributed by atoms with E-state index >= 15 is 0 Å². The van der Waals surface area contributed by atoms with Crippen molar-refractivity contribution in [1.29, 1.82) is 0 Å². The van der Waals surface area contributed by atoms with Crippen LogP contribution in [0.15, 0.2) is 88.9 Å². The molecule has 1 amide bonds. The van der Waals surface area contributed by atoms with Gasteiger partial charge in [0.05, 0.1) is 16.3 Å². The average molecular weight is 478 g/mol. The number of rotatable bonds is 3. The number of fused-ring (bicyclic) bond motifs is 1. The Bertz CT molecular complexity index is 1420. The summed E-state index contributed by atoms with van der Waals surface area (Å²) in [6, 6.07) is 22.6. The average Bonchev–Trinajstić information content (AvgIpc) is 3.25. The summed E-state index contributed by atoms with van der Waals surface area (Å²) in [6.45, 7) is 0. The van der Waals surface area contributed by atoms with Crippen LogP contribution in [-0.4, -0.2) is 15.6 Å². The Labute approximate surface area is 199 Å². The van der Waals surface area contributed by atoms with Gasteiger partial charge in [-0.1, -0.05) is 53.5 Å². The number of hydrogen-bond acceptors (Lipinski definition) is 3. The van der Waals surface area contributed by atoms with E-state index in [2.05, 4.69) is 16.7 Å². The molecular formula is C25H17Cl2N3OS. The van der Waals surface area contributed by atoms with E-state index in [1.807, 2.05) is 55.7 Å². The van der Waals surface area contributed by atoms with Gasteiger partial charge >= 0.3 is 0 Å². The molecule has 1 saturated heterocycles. The number of aromatic nitrogens is 1. The maximum atomic E-state index is 13.5. The Hall–Kier alpha value is -2.99. The van der Waals surface area contributed by atoms with Gasteiger partial charge in [0.15, 0.2) is 5.17 Å². The van der Waals surface area contributed by atoms with Crippen LogP contribution in [0, 0.1) is 0 Å². The van der Waals surface area contributed by atoms with E-state index in [1.165, 1.54) is 11.8 Å². The number of amides is 1. The third-order valence-corrected chi connectivity index (χ3v) is 6.56. The molecule has 0 spiro atoms. The van der Waals surface area contributed by atoms with Gasteiger partial charge in [-0.15, -0.1) is 0 Å². The first-order valence-electron chi connectivity index (χ1n) is 9.87. The number of anilines is 1. The molecule has 1 aliphatic rings. The highest BCUT2D eigenvalue weighted by Gasteiger charge is 2.35. The summed E-state index contributed by atoms with van der Waals surface area (Å²) >= 11 is 13.7. The lowest BCUT2D eigenvalue weighted by Crippen LogP contribution is -2.28. The summed E-state index contributed by atoms with van der Waals surface area (Å²) in [5.41, 5.74) is 3.42. The zero-order valence-corrected chi connectivity index (χ0v) is 19.3. The van der Waals surface area contributed by atoms with Gasteiger partial charge in [-0.2, -0.15) is 0 Å². The highest BCUT2D eigenvalue weighted by Crippen LogP contribution is 2.39. The van der Waals surface area contributed by atoms with Crippen molar-refractivity contribution in [2.75, 3.05) is 4.90 Å². The van der Waals surface area contributed by atoms with Crippen molar-refractivity contribution >= 4 is 74.4 Å². The molecule has 4 aromatic rings. The predicted octanol–water partition coefficient (Wildman–Crippen LogP) is 7.29. The predicted molar refractivity (Wildman–Crippen MR) is 136 cm³/mol. The second-order valence-electron chi connectivity index (χ2n) is 7.32. The number of benzene rings is 3. The summed E-state index contributed by atoms with van der Waals surface area (Å²) in [5, 5.41) is 2.77. The van der Waals surface area contributed by atoms with Gasteiger partial charge in [-0.25, -0.2) is 4.99 Å². The van der Waals surface area contributed by atoms with E-state index in [9.17, 15) is 4.79 Å². The molecule has 1 aliphatic heterocycles. The molecule has 0 N–H and O–H groups in total. The molecule has 158 valence electrons. The van der Waals surface area contributed by atoms with Crippen LogP contribution in [0.5, 0.6) is 0 Å². The molecule has 32 heavy (non-hydrogen) atoms. The third kappa shape index (κ3) is 3.95. The minimum atomic E-state index is -0.147. The molecule has 0 bridgehead atoms. The fraction of sp³-hybridized carbons (Fsp3) is 0.0400. The van der Waals surface area contributed by atoms with Crippen LogP contribution in [0.2, 0.25) is 10.0 Å². The number of aliphatic imine (C=N–C) groups is 1. The standard InChI is InChI=1S/C25H17Cl2N3OS/c1-29-15-16(21-10-2-3-11-22(21)29)12-23-24(31)30(20-9-5-7-18(27)14-20)25(32-23)28-19-8-4-6-17(26)13-19/h2-15H,1H3/b23-12-,28-25?. The van der Waals surface area contributed by atoms with Crippen molar-refractivity contribution in [3.05, 3.63) is 99.5 Å². The molecular weight excluding hydrogens is 461 g/mol. The Kier molecular flexibility index (Phi) is 5.55. The minimum Gasteiger partial charge on any atom is -0.350 e. The number of aryl methyl sites for hydroxylation is 1. The zero-order chi connectivity index (χ0) is 22.2. The Morgan fingerprint density at radius 2 is 1.69 bits per heavy atom. The van der Waals surface area contributed by atoms with Crippen molar-refractivity contribution in [1.82, 2.24) is 4.57 Å². The number of para-hydroxylation sites is 1. The van der Waals surface area contributed by atoms with Crippen LogP contribution in [0.25, 0.3) is 17.0 Å². The quantitative estimate of drug-likeness (QED) is 0.290. The van der Waals surface area contributed by atoms with Crippen LogP contribution in [0.4, 0.5) is 11.4 Å². The zero-order valence-electron chi connectivity index (χ0n) is 17.0. The van der Waals surface area contributed by atoms with E-state index in [4.69, 9.17) is 28.2 Å². The molecule has 1 aromatic heterocycles. The maximum absolute atomic E-state index is 13.5. The topological polar surface area (TPSA) is 37.6 Å². The van der Waals surface area contributed by atoms with Gasteiger partial charge in [-0.05, 0) is 60.3 Å². The molecule has 5 rings (SSSR count). The number of halogens is 2. The number of carbonyl (C=O) groups excluding carboxylic acids is 1. The van der Waals surface area contributed by atoms with Gasteiger partial charge in [0.25, 0.3) is 5.91 Å². The van der Waals surface area contributed by atoms with Gasteiger partial charge in [0.2, 0.25) is 0 Å². The Balaban J connectivity index is 1.63. The van der Waals surface area contributed by atoms with E-state index < -0.39 is 0 Å². The minimum absolute atomic E-state index is 0.147. The summed E-state index contributed by atoms with van der Waals surface area (Å²) in [4.78, 5) is 20.4. The molecule has 7 heteroatoms. The largest absolute Gasteiger partial charge is 0.350 e. The van der Waals surface area contributed by atoms with E-state index in [1.54, 1.807) is 29.2 Å². The lowest BCUT2D eigenvalue weighted by molar-refractivity contribution is -0.113. The molecule has 0 aliphatic carbocycles. The van der Waals surface area contributed by atoms with Crippen molar-refractivity contribution in [2.45, 2.75) is 0 Å². The smallest absolute Gasteiger partial charge is 0.271 e. The van der Waals surface area contributed by atoms with Gasteiger partial charge in [0.1, 0.15) is 0 Å². The number of nitrogens with zero attached hydrogens (tertiary/aromatic N) is 3. The summed E-state index contributed by atoms with van der Waals surface area (Å²) in [6.07, 6.45) is 3.95. The molecule has 1 fully saturated rings. The van der Waals surface area contributed by atoms with Crippen LogP contribution < -0.4 is 4.90 Å². The van der Waals surface area contributed by atoms with E-state index in [0.29, 0.717) is 31.5 Å². The molecule has 2 heterocycles. The third-order valence-electron chi connectivity index (χ3n) is 5.12. The molecule has 0 radical (unpaired) electrons. The fourth-order valence-corrected chi connectivity index (χ4v) is 5.04. The first-order valence-corrected chi connectivity index (χ1v) is 11.4. The number of amidine groups is 1. The summed E-state index contributed by atoms with van der Waals surface area (Å²) in [7, 11) is 2.00. The summed E-state index contributed by atoms with van der Waals surface area (Å²) < 4.78 is 2.06. The first kappa shape index (κ1) is 20.9. The lowest BCUT2D eigenvalue weighted by atomic mass is 10.1. The van der Waals surface area contributed by atoms with Crippen molar-refractivity contribution < 1.29 is 4.79 Å². The molecule has 4 nitrogen and oxygen atoms in total. The SMILES string of the molecule is Cn1cc(/C=C2\SC(=Nc3cccc(Cl)c3)N(c3cccc(Cl)c3)C2=O)c2ccccc21. The first-order chi connectivity index (χ1) is 15.5. The Morgan fingerprint density at radius 3 is 2.47 bits per heavy atom. The van der Waals surface area contributed by atoms with Crippen LogP contribution in [-0.2, 0) is 11.8 Å². The van der Waals surface area contributed by atoms with E-state index in [-0.39, 0.29) is 5.91 Å². The summed E-state index contributed by atoms with van der Waals surface area (Å²) in [5.74, 6) is -0.147. The van der Waals surface area contributed by atoms with Crippen LogP contribution in [0.1, 0.15) is 5.56 Å². The van der Waals surface area contributed by atoms with Crippen LogP contribution in [0.3, 0.4) is 0 Å². The van der Waals surface area contributed by atoms with Crippen molar-refractivity contribution in [2.24, 2.45) is 12.0 Å². The van der Waals surface area contributed by atoms with E-state index in [0.717, 1.165) is 16.5 Å². The highest BCUT2D eigenvalue weighted by molar-refractivity contribution is 8.19. The molecule has 0 atom stereocenters.